The summed E-state index contributed by atoms with van der Waals surface area (Å²) in [4.78, 5) is 11.6. The van der Waals surface area contributed by atoms with E-state index in [2.05, 4.69) is 0 Å². The molecular weight excluding hydrogens is 244 g/mol. The molecule has 0 atom stereocenters. The summed E-state index contributed by atoms with van der Waals surface area (Å²) in [7, 11) is 1.61. The number of carbonyl (C=O) groups is 1. The second-order valence-electron chi connectivity index (χ2n) is 4.09. The monoisotopic (exact) mass is 260 g/mol. The molecule has 100 valence electrons. The predicted molar refractivity (Wildman–Crippen MR) is 69.8 cm³/mol. The zero-order valence-electron chi connectivity index (χ0n) is 10.8. The third-order valence-corrected chi connectivity index (χ3v) is 2.69. The minimum Gasteiger partial charge on any atom is -0.497 e. The van der Waals surface area contributed by atoms with Gasteiger partial charge in [0.25, 0.3) is 0 Å². The van der Waals surface area contributed by atoms with Crippen molar-refractivity contribution in [3.8, 4) is 5.75 Å². The molecule has 1 heterocycles. The molecule has 4 nitrogen and oxygen atoms in total. The van der Waals surface area contributed by atoms with Gasteiger partial charge < -0.3 is 13.9 Å². The van der Waals surface area contributed by atoms with Crippen molar-refractivity contribution in [1.29, 1.82) is 0 Å². The standard InChI is InChI=1S/C15H16O4/c1-17-14-5-2-4-12(10-14)11-19-15(16)8-7-13-6-3-9-18-13/h2-6,9-10H,7-8,11H2,1H3. The van der Waals surface area contributed by atoms with Gasteiger partial charge in [-0.1, -0.05) is 12.1 Å². The number of esters is 1. The van der Waals surface area contributed by atoms with Gasteiger partial charge >= 0.3 is 5.97 Å². The lowest BCUT2D eigenvalue weighted by Crippen LogP contribution is -2.05. The molecule has 0 N–H and O–H groups in total. The minimum absolute atomic E-state index is 0.237. The fourth-order valence-corrected chi connectivity index (χ4v) is 1.68. The van der Waals surface area contributed by atoms with E-state index >= 15 is 0 Å². The number of benzene rings is 1. The Morgan fingerprint density at radius 2 is 2.16 bits per heavy atom. The Morgan fingerprint density at radius 1 is 1.26 bits per heavy atom. The van der Waals surface area contributed by atoms with Crippen molar-refractivity contribution in [1.82, 2.24) is 0 Å². The highest BCUT2D eigenvalue weighted by molar-refractivity contribution is 5.69. The van der Waals surface area contributed by atoms with E-state index in [0.717, 1.165) is 17.1 Å². The van der Waals surface area contributed by atoms with E-state index in [1.165, 1.54) is 0 Å². The molecule has 0 aliphatic carbocycles. The first-order valence-corrected chi connectivity index (χ1v) is 6.09. The van der Waals surface area contributed by atoms with Crippen LogP contribution in [0, 0.1) is 0 Å². The summed E-state index contributed by atoms with van der Waals surface area (Å²) >= 11 is 0. The molecule has 4 heteroatoms. The Labute approximate surface area is 111 Å². The molecule has 0 amide bonds. The highest BCUT2D eigenvalue weighted by Gasteiger charge is 2.06. The summed E-state index contributed by atoms with van der Waals surface area (Å²) in [6.07, 6.45) is 2.47. The summed E-state index contributed by atoms with van der Waals surface area (Å²) in [6, 6.07) is 11.1. The third-order valence-electron chi connectivity index (χ3n) is 2.69. The van der Waals surface area contributed by atoms with E-state index in [1.54, 1.807) is 19.4 Å². The summed E-state index contributed by atoms with van der Waals surface area (Å²) in [5.74, 6) is 1.31. The van der Waals surface area contributed by atoms with Crippen molar-refractivity contribution in [2.24, 2.45) is 0 Å². The predicted octanol–water partition coefficient (Wildman–Crippen LogP) is 2.96. The molecule has 1 aromatic heterocycles. The van der Waals surface area contributed by atoms with Crippen LogP contribution in [0.1, 0.15) is 17.7 Å². The van der Waals surface area contributed by atoms with Gasteiger partial charge in [0.05, 0.1) is 19.8 Å². The van der Waals surface area contributed by atoms with Crippen LogP contribution in [-0.2, 0) is 22.6 Å². The smallest absolute Gasteiger partial charge is 0.306 e. The maximum absolute atomic E-state index is 11.6. The third kappa shape index (κ3) is 4.17. The lowest BCUT2D eigenvalue weighted by molar-refractivity contribution is -0.145. The molecule has 0 unspecified atom stereocenters. The van der Waals surface area contributed by atoms with E-state index in [-0.39, 0.29) is 12.6 Å². The second kappa shape index (κ2) is 6.64. The van der Waals surface area contributed by atoms with Gasteiger partial charge in [-0.05, 0) is 29.8 Å². The Bertz CT molecular complexity index is 517. The van der Waals surface area contributed by atoms with Crippen molar-refractivity contribution >= 4 is 5.97 Å². The summed E-state index contributed by atoms with van der Waals surface area (Å²) in [5.41, 5.74) is 0.908. The number of hydrogen-bond donors (Lipinski definition) is 0. The molecular formula is C15H16O4. The summed E-state index contributed by atoms with van der Waals surface area (Å²) < 4.78 is 15.4. The SMILES string of the molecule is COc1cccc(COC(=O)CCc2ccco2)c1. The first-order valence-electron chi connectivity index (χ1n) is 6.09. The number of furan rings is 1. The molecule has 0 fully saturated rings. The number of methoxy groups -OCH3 is 1. The number of hydrogen-bond acceptors (Lipinski definition) is 4. The van der Waals surface area contributed by atoms with Gasteiger partial charge in [0.15, 0.2) is 0 Å². The Hall–Kier alpha value is -2.23. The molecule has 0 aliphatic rings. The average molecular weight is 260 g/mol. The molecule has 0 saturated carbocycles. The average Bonchev–Trinajstić information content (AvgIpc) is 2.96. The normalized spacial score (nSPS) is 10.2. The van der Waals surface area contributed by atoms with Crippen molar-refractivity contribution < 1.29 is 18.7 Å². The molecule has 0 bridgehead atoms. The van der Waals surface area contributed by atoms with Gasteiger partial charge in [0.2, 0.25) is 0 Å². The molecule has 2 aromatic rings. The first-order chi connectivity index (χ1) is 9.28. The molecule has 2 rings (SSSR count). The van der Waals surface area contributed by atoms with Crippen LogP contribution >= 0.6 is 0 Å². The van der Waals surface area contributed by atoms with Crippen molar-refractivity contribution in [3.63, 3.8) is 0 Å². The topological polar surface area (TPSA) is 48.7 Å². The highest BCUT2D eigenvalue weighted by atomic mass is 16.5. The number of ether oxygens (including phenoxy) is 2. The van der Waals surface area contributed by atoms with E-state index in [1.807, 2.05) is 30.3 Å². The zero-order valence-corrected chi connectivity index (χ0v) is 10.8. The van der Waals surface area contributed by atoms with Crippen LogP contribution < -0.4 is 4.74 Å². The van der Waals surface area contributed by atoms with E-state index in [0.29, 0.717) is 12.8 Å². The lowest BCUT2D eigenvalue weighted by atomic mass is 10.2. The fraction of sp³-hybridized carbons (Fsp3) is 0.267. The van der Waals surface area contributed by atoms with Crippen LogP contribution in [-0.4, -0.2) is 13.1 Å². The van der Waals surface area contributed by atoms with Gasteiger partial charge in [-0.3, -0.25) is 4.79 Å². The van der Waals surface area contributed by atoms with Crippen LogP contribution in [0.5, 0.6) is 5.75 Å². The van der Waals surface area contributed by atoms with Crippen LogP contribution in [0.25, 0.3) is 0 Å². The lowest BCUT2D eigenvalue weighted by Gasteiger charge is -2.06. The Morgan fingerprint density at radius 3 is 2.89 bits per heavy atom. The van der Waals surface area contributed by atoms with Crippen LogP contribution in [0.2, 0.25) is 0 Å². The fourth-order valence-electron chi connectivity index (χ4n) is 1.68. The second-order valence-corrected chi connectivity index (χ2v) is 4.09. The van der Waals surface area contributed by atoms with E-state index in [9.17, 15) is 4.79 Å². The zero-order chi connectivity index (χ0) is 13.5. The maximum atomic E-state index is 11.6. The molecule has 0 spiro atoms. The van der Waals surface area contributed by atoms with E-state index in [4.69, 9.17) is 13.9 Å². The van der Waals surface area contributed by atoms with Gasteiger partial charge in [-0.2, -0.15) is 0 Å². The molecule has 0 aliphatic heterocycles. The summed E-state index contributed by atoms with van der Waals surface area (Å²) in [5, 5.41) is 0. The largest absolute Gasteiger partial charge is 0.497 e. The van der Waals surface area contributed by atoms with E-state index < -0.39 is 0 Å². The Kier molecular flexibility index (Phi) is 4.61. The molecule has 0 saturated heterocycles. The van der Waals surface area contributed by atoms with Gasteiger partial charge in [0.1, 0.15) is 18.1 Å². The number of rotatable bonds is 6. The maximum Gasteiger partial charge on any atom is 0.306 e. The van der Waals surface area contributed by atoms with Gasteiger partial charge in [0, 0.05) is 6.42 Å². The first kappa shape index (κ1) is 13.2. The number of carbonyl (C=O) groups excluding carboxylic acids is 1. The highest BCUT2D eigenvalue weighted by Crippen LogP contribution is 2.13. The van der Waals surface area contributed by atoms with Gasteiger partial charge in [-0.15, -0.1) is 0 Å². The molecule has 0 radical (unpaired) electrons. The van der Waals surface area contributed by atoms with Crippen LogP contribution in [0.4, 0.5) is 0 Å². The van der Waals surface area contributed by atoms with Crippen LogP contribution in [0.15, 0.2) is 47.1 Å². The summed E-state index contributed by atoms with van der Waals surface area (Å²) in [6.45, 7) is 0.258. The van der Waals surface area contributed by atoms with Gasteiger partial charge in [-0.25, -0.2) is 0 Å². The van der Waals surface area contributed by atoms with Crippen molar-refractivity contribution in [2.75, 3.05) is 7.11 Å². The quantitative estimate of drug-likeness (QED) is 0.749. The minimum atomic E-state index is -0.237. The van der Waals surface area contributed by atoms with Crippen molar-refractivity contribution in [3.05, 3.63) is 54.0 Å². The van der Waals surface area contributed by atoms with Crippen LogP contribution in [0.3, 0.4) is 0 Å². The molecule has 19 heavy (non-hydrogen) atoms. The van der Waals surface area contributed by atoms with Crippen molar-refractivity contribution in [2.45, 2.75) is 19.4 Å². The molecule has 1 aromatic carbocycles. The Balaban J connectivity index is 1.76. The number of aryl methyl sites for hydroxylation is 1.